The number of hydrogen-bond donors (Lipinski definition) is 1. The summed E-state index contributed by atoms with van der Waals surface area (Å²) in [6.07, 6.45) is 5.47. The van der Waals surface area contributed by atoms with Crippen LogP contribution in [0, 0.1) is 0 Å². The summed E-state index contributed by atoms with van der Waals surface area (Å²) in [4.78, 5) is 17.8. The van der Waals surface area contributed by atoms with Crippen molar-refractivity contribution in [3.05, 3.63) is 53.3 Å². The molecule has 1 aromatic heterocycles. The van der Waals surface area contributed by atoms with Crippen molar-refractivity contribution < 1.29 is 4.74 Å². The maximum Gasteiger partial charge on any atom is 0.225 e. The number of guanidine groups is 1. The molecular formula is C22H30ClIN6O. The van der Waals surface area contributed by atoms with Crippen LogP contribution in [0.3, 0.4) is 0 Å². The molecule has 7 nitrogen and oxygen atoms in total. The van der Waals surface area contributed by atoms with Crippen LogP contribution >= 0.6 is 35.6 Å². The molecule has 2 aliphatic heterocycles. The molecule has 2 aliphatic rings. The van der Waals surface area contributed by atoms with E-state index in [0.29, 0.717) is 0 Å². The summed E-state index contributed by atoms with van der Waals surface area (Å²) in [5.74, 6) is 1.72. The molecule has 0 atom stereocenters. The highest BCUT2D eigenvalue weighted by Gasteiger charge is 2.36. The molecule has 1 N–H and O–H groups in total. The minimum absolute atomic E-state index is 0. The number of nitrogens with zero attached hydrogens (tertiary/aromatic N) is 5. The van der Waals surface area contributed by atoms with Gasteiger partial charge in [-0.2, -0.15) is 0 Å². The molecule has 31 heavy (non-hydrogen) atoms. The molecule has 0 aliphatic carbocycles. The zero-order chi connectivity index (χ0) is 20.8. The summed E-state index contributed by atoms with van der Waals surface area (Å²) < 4.78 is 5.66. The standard InChI is InChI=1S/C22H29ClN6O.HI/c1-24-20(28-11-13-29(14-12-28)21-25-9-4-10-26-21)27-17-22(7-15-30-16-8-22)18-5-2-3-6-19(18)23;/h2-6,9-10H,7-8,11-17H2,1H3,(H,24,27);1H. The number of nitrogens with one attached hydrogen (secondary N) is 1. The fourth-order valence-electron chi connectivity index (χ4n) is 4.35. The minimum atomic E-state index is -0.0494. The lowest BCUT2D eigenvalue weighted by molar-refractivity contribution is 0.0512. The summed E-state index contributed by atoms with van der Waals surface area (Å²) >= 11 is 6.59. The van der Waals surface area contributed by atoms with Gasteiger partial charge in [-0.05, 0) is 30.5 Å². The second-order valence-corrected chi connectivity index (χ2v) is 8.20. The second kappa shape index (κ2) is 11.3. The summed E-state index contributed by atoms with van der Waals surface area (Å²) in [5.41, 5.74) is 1.15. The predicted octanol–water partition coefficient (Wildman–Crippen LogP) is 3.19. The molecular weight excluding hydrogens is 527 g/mol. The smallest absolute Gasteiger partial charge is 0.225 e. The second-order valence-electron chi connectivity index (χ2n) is 7.80. The van der Waals surface area contributed by atoms with Crippen molar-refractivity contribution >= 4 is 47.5 Å². The molecule has 0 amide bonds. The number of aliphatic imine (C=N–C) groups is 1. The van der Waals surface area contributed by atoms with Crippen molar-refractivity contribution in [2.75, 3.05) is 57.9 Å². The Morgan fingerprint density at radius 2 is 1.77 bits per heavy atom. The maximum absolute atomic E-state index is 6.59. The number of benzene rings is 1. The zero-order valence-electron chi connectivity index (χ0n) is 17.8. The van der Waals surface area contributed by atoms with E-state index in [1.165, 1.54) is 5.56 Å². The van der Waals surface area contributed by atoms with E-state index >= 15 is 0 Å². The molecule has 168 valence electrons. The number of piperazine rings is 1. The van der Waals surface area contributed by atoms with Gasteiger partial charge < -0.3 is 19.9 Å². The van der Waals surface area contributed by atoms with Crippen molar-refractivity contribution in [3.63, 3.8) is 0 Å². The first-order valence-corrected chi connectivity index (χ1v) is 10.9. The first-order valence-electron chi connectivity index (χ1n) is 10.5. The molecule has 2 aromatic rings. The van der Waals surface area contributed by atoms with E-state index in [1.54, 1.807) is 12.4 Å². The molecule has 0 radical (unpaired) electrons. The number of ether oxygens (including phenoxy) is 1. The zero-order valence-corrected chi connectivity index (χ0v) is 20.9. The highest BCUT2D eigenvalue weighted by Crippen LogP contribution is 2.38. The predicted molar refractivity (Wildman–Crippen MR) is 136 cm³/mol. The van der Waals surface area contributed by atoms with Gasteiger partial charge >= 0.3 is 0 Å². The third-order valence-corrected chi connectivity index (χ3v) is 6.44. The Hall–Kier alpha value is -1.65. The van der Waals surface area contributed by atoms with E-state index in [1.807, 2.05) is 25.2 Å². The summed E-state index contributed by atoms with van der Waals surface area (Å²) in [6.45, 7) is 5.78. The van der Waals surface area contributed by atoms with E-state index < -0.39 is 0 Å². The third-order valence-electron chi connectivity index (χ3n) is 6.11. The van der Waals surface area contributed by atoms with Gasteiger partial charge in [0.1, 0.15) is 0 Å². The highest BCUT2D eigenvalue weighted by molar-refractivity contribution is 14.0. The molecule has 2 fully saturated rings. The van der Waals surface area contributed by atoms with Crippen LogP contribution in [0.4, 0.5) is 5.95 Å². The molecule has 3 heterocycles. The topological polar surface area (TPSA) is 65.9 Å². The molecule has 1 aromatic carbocycles. The van der Waals surface area contributed by atoms with E-state index in [0.717, 1.165) is 75.7 Å². The van der Waals surface area contributed by atoms with Crippen molar-refractivity contribution in [1.82, 2.24) is 20.2 Å². The maximum atomic E-state index is 6.59. The molecule has 0 saturated carbocycles. The summed E-state index contributed by atoms with van der Waals surface area (Å²) in [6, 6.07) is 10.0. The van der Waals surface area contributed by atoms with Crippen molar-refractivity contribution in [1.29, 1.82) is 0 Å². The van der Waals surface area contributed by atoms with Gasteiger partial charge in [-0.1, -0.05) is 29.8 Å². The Morgan fingerprint density at radius 1 is 1.10 bits per heavy atom. The molecule has 2 saturated heterocycles. The highest BCUT2D eigenvalue weighted by atomic mass is 127. The molecule has 0 spiro atoms. The Kier molecular flexibility index (Phi) is 8.74. The van der Waals surface area contributed by atoms with Crippen LogP contribution < -0.4 is 10.2 Å². The van der Waals surface area contributed by atoms with E-state index in [9.17, 15) is 0 Å². The van der Waals surface area contributed by atoms with E-state index in [2.05, 4.69) is 42.2 Å². The van der Waals surface area contributed by atoms with Crippen LogP contribution in [0.2, 0.25) is 5.02 Å². The van der Waals surface area contributed by atoms with Crippen molar-refractivity contribution in [2.45, 2.75) is 18.3 Å². The first kappa shape index (κ1) is 24.0. The number of hydrogen-bond acceptors (Lipinski definition) is 5. The quantitative estimate of drug-likeness (QED) is 0.355. The molecule has 0 unspecified atom stereocenters. The van der Waals surface area contributed by atoms with Crippen LogP contribution in [-0.4, -0.2) is 73.8 Å². The minimum Gasteiger partial charge on any atom is -0.381 e. The van der Waals surface area contributed by atoms with E-state index in [-0.39, 0.29) is 29.4 Å². The van der Waals surface area contributed by atoms with Gasteiger partial charge in [0.25, 0.3) is 0 Å². The Morgan fingerprint density at radius 3 is 2.42 bits per heavy atom. The lowest BCUT2D eigenvalue weighted by Crippen LogP contribution is -2.55. The number of aromatic nitrogens is 2. The molecule has 4 rings (SSSR count). The monoisotopic (exact) mass is 556 g/mol. The largest absolute Gasteiger partial charge is 0.381 e. The fourth-order valence-corrected chi connectivity index (χ4v) is 4.68. The van der Waals surface area contributed by atoms with Gasteiger partial charge in [0.05, 0.1) is 0 Å². The summed E-state index contributed by atoms with van der Waals surface area (Å²) in [5, 5.41) is 4.47. The Labute approximate surface area is 206 Å². The van der Waals surface area contributed by atoms with Gasteiger partial charge in [0, 0.05) is 75.8 Å². The normalized spacial score (nSPS) is 19.0. The molecule has 0 bridgehead atoms. The summed E-state index contributed by atoms with van der Waals surface area (Å²) in [7, 11) is 1.85. The molecule has 9 heteroatoms. The lowest BCUT2D eigenvalue weighted by atomic mass is 9.74. The lowest BCUT2D eigenvalue weighted by Gasteiger charge is -2.41. The average Bonchev–Trinajstić information content (AvgIpc) is 2.81. The van der Waals surface area contributed by atoms with Crippen LogP contribution in [0.1, 0.15) is 18.4 Å². The van der Waals surface area contributed by atoms with Crippen LogP contribution in [0.25, 0.3) is 0 Å². The van der Waals surface area contributed by atoms with Gasteiger partial charge in [-0.15, -0.1) is 24.0 Å². The number of rotatable bonds is 4. The van der Waals surface area contributed by atoms with Crippen LogP contribution in [-0.2, 0) is 10.2 Å². The van der Waals surface area contributed by atoms with Gasteiger partial charge in [-0.3, -0.25) is 4.99 Å². The first-order chi connectivity index (χ1) is 14.7. The van der Waals surface area contributed by atoms with Crippen molar-refractivity contribution in [3.8, 4) is 0 Å². The van der Waals surface area contributed by atoms with Gasteiger partial charge in [-0.25, -0.2) is 9.97 Å². The fraction of sp³-hybridized carbons (Fsp3) is 0.500. The Balaban J connectivity index is 0.00000272. The van der Waals surface area contributed by atoms with Gasteiger partial charge in [0.2, 0.25) is 5.95 Å². The Bertz CT molecular complexity index is 854. The van der Waals surface area contributed by atoms with Gasteiger partial charge in [0.15, 0.2) is 5.96 Å². The van der Waals surface area contributed by atoms with Crippen molar-refractivity contribution in [2.24, 2.45) is 4.99 Å². The SMILES string of the molecule is CN=C(NCC1(c2ccccc2Cl)CCOCC1)N1CCN(c2ncccn2)CC1.I. The number of halogens is 2. The van der Waals surface area contributed by atoms with Crippen LogP contribution in [0.5, 0.6) is 0 Å². The van der Waals surface area contributed by atoms with E-state index in [4.69, 9.17) is 16.3 Å². The van der Waals surface area contributed by atoms with Crippen LogP contribution in [0.15, 0.2) is 47.7 Å². The average molecular weight is 557 g/mol. The number of anilines is 1. The third kappa shape index (κ3) is 5.59.